The van der Waals surface area contributed by atoms with Crippen LogP contribution in [0.3, 0.4) is 0 Å². The van der Waals surface area contributed by atoms with Gasteiger partial charge in [0.25, 0.3) is 0 Å². The monoisotopic (exact) mass is 306 g/mol. The molecule has 0 unspecified atom stereocenters. The van der Waals surface area contributed by atoms with Crippen molar-refractivity contribution in [1.29, 1.82) is 0 Å². The van der Waals surface area contributed by atoms with E-state index < -0.39 is 0 Å². The van der Waals surface area contributed by atoms with Gasteiger partial charge in [-0.3, -0.25) is 0 Å². The highest BCUT2D eigenvalue weighted by Crippen LogP contribution is 2.34. The van der Waals surface area contributed by atoms with Crippen LogP contribution >= 0.6 is 15.9 Å². The lowest BCUT2D eigenvalue weighted by Crippen LogP contribution is -2.15. The molecular weight excluding hydrogens is 288 g/mol. The Balaban J connectivity index is 2.86. The number of hydrogen-bond acceptors (Lipinski definition) is 2. The highest BCUT2D eigenvalue weighted by atomic mass is 79.9. The Labute approximate surface area is 117 Å². The molecule has 2 rings (SSSR count). The van der Waals surface area contributed by atoms with Gasteiger partial charge < -0.3 is 5.32 Å². The molecule has 1 heterocycles. The van der Waals surface area contributed by atoms with Gasteiger partial charge in [-0.25, -0.2) is 4.98 Å². The van der Waals surface area contributed by atoms with Crippen LogP contribution in [0.2, 0.25) is 0 Å². The molecule has 1 N–H and O–H groups in total. The van der Waals surface area contributed by atoms with E-state index in [1.807, 2.05) is 7.05 Å². The molecule has 0 bridgehead atoms. The van der Waals surface area contributed by atoms with E-state index in [1.165, 1.54) is 16.5 Å². The Morgan fingerprint density at radius 1 is 1.22 bits per heavy atom. The third-order valence-electron chi connectivity index (χ3n) is 3.18. The molecule has 2 aromatic rings. The topological polar surface area (TPSA) is 24.9 Å². The van der Waals surface area contributed by atoms with Gasteiger partial charge in [0, 0.05) is 22.5 Å². The second kappa shape index (κ2) is 4.54. The number of benzene rings is 1. The van der Waals surface area contributed by atoms with Crippen molar-refractivity contribution in [2.75, 3.05) is 12.4 Å². The SMILES string of the molecule is CNc1nc2c(C)ccc(Br)c2cc1C(C)(C)C. The van der Waals surface area contributed by atoms with Gasteiger partial charge in [-0.1, -0.05) is 42.8 Å². The van der Waals surface area contributed by atoms with Crippen LogP contribution in [0.25, 0.3) is 10.9 Å². The molecule has 0 aliphatic heterocycles. The van der Waals surface area contributed by atoms with E-state index in [-0.39, 0.29) is 5.41 Å². The standard InChI is InChI=1S/C15H19BrN2/c1-9-6-7-12(16)10-8-11(15(2,3)4)14(17-5)18-13(9)10/h6-8H,1-5H3,(H,17,18). The Kier molecular flexibility index (Phi) is 3.37. The van der Waals surface area contributed by atoms with Gasteiger partial charge in [-0.05, 0) is 30.0 Å². The maximum absolute atomic E-state index is 4.78. The molecule has 0 saturated carbocycles. The summed E-state index contributed by atoms with van der Waals surface area (Å²) in [5.41, 5.74) is 3.57. The minimum absolute atomic E-state index is 0.0721. The smallest absolute Gasteiger partial charge is 0.130 e. The first-order valence-electron chi connectivity index (χ1n) is 6.12. The van der Waals surface area contributed by atoms with Crippen LogP contribution in [0.4, 0.5) is 5.82 Å². The number of aryl methyl sites for hydroxylation is 1. The van der Waals surface area contributed by atoms with Crippen LogP contribution in [0.5, 0.6) is 0 Å². The Morgan fingerprint density at radius 2 is 1.89 bits per heavy atom. The maximum atomic E-state index is 4.78. The summed E-state index contributed by atoms with van der Waals surface area (Å²) in [5, 5.41) is 4.39. The normalized spacial score (nSPS) is 11.9. The second-order valence-corrected chi connectivity index (χ2v) is 6.50. The number of nitrogens with one attached hydrogen (secondary N) is 1. The van der Waals surface area contributed by atoms with Gasteiger partial charge in [0.2, 0.25) is 0 Å². The van der Waals surface area contributed by atoms with Crippen molar-refractivity contribution in [1.82, 2.24) is 4.98 Å². The molecule has 0 spiro atoms. The summed E-state index contributed by atoms with van der Waals surface area (Å²) in [6.45, 7) is 8.72. The van der Waals surface area contributed by atoms with Crippen LogP contribution in [0, 0.1) is 6.92 Å². The number of pyridine rings is 1. The Morgan fingerprint density at radius 3 is 2.44 bits per heavy atom. The van der Waals surface area contributed by atoms with Gasteiger partial charge in [0.15, 0.2) is 0 Å². The third-order valence-corrected chi connectivity index (χ3v) is 3.87. The zero-order chi connectivity index (χ0) is 13.5. The summed E-state index contributed by atoms with van der Waals surface area (Å²) >= 11 is 3.62. The van der Waals surface area contributed by atoms with E-state index in [1.54, 1.807) is 0 Å². The lowest BCUT2D eigenvalue weighted by Gasteiger charge is -2.23. The van der Waals surface area contributed by atoms with E-state index in [2.05, 4.69) is 67.1 Å². The molecule has 0 atom stereocenters. The summed E-state index contributed by atoms with van der Waals surface area (Å²) < 4.78 is 1.10. The quantitative estimate of drug-likeness (QED) is 0.830. The lowest BCUT2D eigenvalue weighted by atomic mass is 9.86. The molecule has 0 amide bonds. The zero-order valence-corrected chi connectivity index (χ0v) is 13.1. The molecule has 18 heavy (non-hydrogen) atoms. The van der Waals surface area contributed by atoms with Gasteiger partial charge in [-0.15, -0.1) is 0 Å². The first kappa shape index (κ1) is 13.3. The zero-order valence-electron chi connectivity index (χ0n) is 11.6. The van der Waals surface area contributed by atoms with Crippen molar-refractivity contribution in [2.24, 2.45) is 0 Å². The molecule has 2 nitrogen and oxygen atoms in total. The molecule has 0 aliphatic carbocycles. The van der Waals surface area contributed by atoms with Crippen LogP contribution in [-0.4, -0.2) is 12.0 Å². The first-order valence-corrected chi connectivity index (χ1v) is 6.92. The number of hydrogen-bond donors (Lipinski definition) is 1. The van der Waals surface area contributed by atoms with Crippen molar-refractivity contribution in [3.8, 4) is 0 Å². The van der Waals surface area contributed by atoms with Crippen LogP contribution < -0.4 is 5.32 Å². The molecule has 3 heteroatoms. The molecule has 0 aliphatic rings. The molecule has 1 aromatic heterocycles. The van der Waals surface area contributed by atoms with Crippen LogP contribution in [0.1, 0.15) is 31.9 Å². The summed E-state index contributed by atoms with van der Waals surface area (Å²) in [6.07, 6.45) is 0. The highest BCUT2D eigenvalue weighted by molar-refractivity contribution is 9.10. The van der Waals surface area contributed by atoms with Crippen molar-refractivity contribution in [3.63, 3.8) is 0 Å². The fourth-order valence-electron chi connectivity index (χ4n) is 2.13. The lowest BCUT2D eigenvalue weighted by molar-refractivity contribution is 0.591. The molecular formula is C15H19BrN2. The number of aromatic nitrogens is 1. The van der Waals surface area contributed by atoms with Crippen LogP contribution in [-0.2, 0) is 5.41 Å². The summed E-state index contributed by atoms with van der Waals surface area (Å²) in [7, 11) is 1.93. The summed E-state index contributed by atoms with van der Waals surface area (Å²) in [4.78, 5) is 4.78. The van der Waals surface area contributed by atoms with E-state index >= 15 is 0 Å². The molecule has 1 aromatic carbocycles. The van der Waals surface area contributed by atoms with Crippen molar-refractivity contribution < 1.29 is 0 Å². The van der Waals surface area contributed by atoms with Gasteiger partial charge in [-0.2, -0.15) is 0 Å². The van der Waals surface area contributed by atoms with Gasteiger partial charge in [0.05, 0.1) is 5.52 Å². The first-order chi connectivity index (χ1) is 8.34. The highest BCUT2D eigenvalue weighted by Gasteiger charge is 2.20. The Hall–Kier alpha value is -1.09. The molecule has 0 saturated heterocycles. The average Bonchev–Trinajstić information content (AvgIpc) is 2.31. The largest absolute Gasteiger partial charge is 0.373 e. The van der Waals surface area contributed by atoms with E-state index in [0.29, 0.717) is 0 Å². The van der Waals surface area contributed by atoms with Crippen molar-refractivity contribution in [3.05, 3.63) is 33.8 Å². The van der Waals surface area contributed by atoms with E-state index in [0.717, 1.165) is 15.8 Å². The predicted molar refractivity (Wildman–Crippen MR) is 82.4 cm³/mol. The fourth-order valence-corrected chi connectivity index (χ4v) is 2.56. The molecule has 0 radical (unpaired) electrons. The number of anilines is 1. The van der Waals surface area contributed by atoms with Crippen LogP contribution in [0.15, 0.2) is 22.7 Å². The van der Waals surface area contributed by atoms with E-state index in [4.69, 9.17) is 4.98 Å². The number of rotatable bonds is 1. The molecule has 0 fully saturated rings. The number of nitrogens with zero attached hydrogens (tertiary/aromatic N) is 1. The van der Waals surface area contributed by atoms with E-state index in [9.17, 15) is 0 Å². The number of halogens is 1. The predicted octanol–water partition coefficient (Wildman–Crippen LogP) is 4.64. The third kappa shape index (κ3) is 2.24. The Bertz CT molecular complexity index is 597. The minimum atomic E-state index is 0.0721. The second-order valence-electron chi connectivity index (χ2n) is 5.64. The molecule has 96 valence electrons. The average molecular weight is 307 g/mol. The van der Waals surface area contributed by atoms with Gasteiger partial charge >= 0.3 is 0 Å². The summed E-state index contributed by atoms with van der Waals surface area (Å²) in [6, 6.07) is 6.42. The number of fused-ring (bicyclic) bond motifs is 1. The summed E-state index contributed by atoms with van der Waals surface area (Å²) in [5.74, 6) is 0.969. The fraction of sp³-hybridized carbons (Fsp3) is 0.400. The minimum Gasteiger partial charge on any atom is -0.373 e. The van der Waals surface area contributed by atoms with Crippen molar-refractivity contribution in [2.45, 2.75) is 33.1 Å². The van der Waals surface area contributed by atoms with Gasteiger partial charge in [0.1, 0.15) is 5.82 Å². The maximum Gasteiger partial charge on any atom is 0.130 e. The van der Waals surface area contributed by atoms with Crippen molar-refractivity contribution >= 4 is 32.7 Å².